The minimum absolute atomic E-state index is 0.0402. The molecule has 0 aliphatic carbocycles. The highest BCUT2D eigenvalue weighted by Gasteiger charge is 2.13. The van der Waals surface area contributed by atoms with E-state index in [2.05, 4.69) is 0 Å². The number of aromatic hydroxyl groups is 1. The summed E-state index contributed by atoms with van der Waals surface area (Å²) in [7, 11) is 3.46. The molecule has 1 amide bonds. The Kier molecular flexibility index (Phi) is 5.44. The van der Waals surface area contributed by atoms with Crippen molar-refractivity contribution in [3.05, 3.63) is 28.8 Å². The van der Waals surface area contributed by atoms with Crippen molar-refractivity contribution in [1.29, 1.82) is 0 Å². The second-order valence-electron chi connectivity index (χ2n) is 4.36. The normalized spacial score (nSPS) is 10.7. The van der Waals surface area contributed by atoms with E-state index in [-0.39, 0.29) is 11.7 Å². The molecule has 4 nitrogen and oxygen atoms in total. The summed E-state index contributed by atoms with van der Waals surface area (Å²) < 4.78 is 0. The van der Waals surface area contributed by atoms with E-state index in [9.17, 15) is 9.90 Å². The van der Waals surface area contributed by atoms with E-state index < -0.39 is 0 Å². The van der Waals surface area contributed by atoms with Crippen LogP contribution in [0.2, 0.25) is 5.02 Å². The minimum atomic E-state index is 0.0402. The minimum Gasteiger partial charge on any atom is -0.508 e. The quantitative estimate of drug-likeness (QED) is 0.890. The van der Waals surface area contributed by atoms with Gasteiger partial charge in [-0.1, -0.05) is 18.5 Å². The molecule has 18 heavy (non-hydrogen) atoms. The molecule has 1 aromatic carbocycles. The van der Waals surface area contributed by atoms with E-state index in [4.69, 9.17) is 11.6 Å². The van der Waals surface area contributed by atoms with Crippen LogP contribution in [0.5, 0.6) is 5.75 Å². The van der Waals surface area contributed by atoms with Gasteiger partial charge in [0, 0.05) is 31.2 Å². The summed E-state index contributed by atoms with van der Waals surface area (Å²) in [5.41, 5.74) is 0.732. The largest absolute Gasteiger partial charge is 0.508 e. The van der Waals surface area contributed by atoms with E-state index in [0.717, 1.165) is 12.1 Å². The van der Waals surface area contributed by atoms with Crippen molar-refractivity contribution < 1.29 is 9.90 Å². The van der Waals surface area contributed by atoms with Crippen LogP contribution in [0.15, 0.2) is 18.2 Å². The average Bonchev–Trinajstić information content (AvgIpc) is 2.32. The van der Waals surface area contributed by atoms with Crippen molar-refractivity contribution in [3.8, 4) is 5.75 Å². The number of rotatable bonds is 5. The Morgan fingerprint density at radius 3 is 2.61 bits per heavy atom. The molecule has 1 aromatic rings. The lowest BCUT2D eigenvalue weighted by Gasteiger charge is -2.22. The zero-order valence-corrected chi connectivity index (χ0v) is 11.7. The summed E-state index contributed by atoms with van der Waals surface area (Å²) in [5.74, 6) is 0.244. The van der Waals surface area contributed by atoms with Crippen molar-refractivity contribution in [1.82, 2.24) is 9.80 Å². The van der Waals surface area contributed by atoms with Gasteiger partial charge in [-0.2, -0.15) is 0 Å². The maximum atomic E-state index is 11.6. The molecule has 0 heterocycles. The molecular weight excluding hydrogens is 252 g/mol. The molecule has 0 bridgehead atoms. The summed E-state index contributed by atoms with van der Waals surface area (Å²) in [5, 5.41) is 10.3. The zero-order valence-electron chi connectivity index (χ0n) is 11.0. The first-order valence-electron chi connectivity index (χ1n) is 5.84. The van der Waals surface area contributed by atoms with Gasteiger partial charge in [0.05, 0.1) is 6.54 Å². The number of carbonyl (C=O) groups excluding carboxylic acids is 1. The monoisotopic (exact) mass is 270 g/mol. The molecule has 0 saturated carbocycles. The summed E-state index contributed by atoms with van der Waals surface area (Å²) in [6.45, 7) is 3.54. The van der Waals surface area contributed by atoms with Gasteiger partial charge >= 0.3 is 0 Å². The number of phenolic OH excluding ortho intramolecular Hbond substituents is 1. The first-order valence-corrected chi connectivity index (χ1v) is 6.21. The van der Waals surface area contributed by atoms with Crippen molar-refractivity contribution in [3.63, 3.8) is 0 Å². The van der Waals surface area contributed by atoms with Gasteiger partial charge < -0.3 is 10.0 Å². The zero-order chi connectivity index (χ0) is 13.7. The van der Waals surface area contributed by atoms with Crippen LogP contribution in [0.4, 0.5) is 0 Å². The van der Waals surface area contributed by atoms with E-state index in [0.29, 0.717) is 18.1 Å². The van der Waals surface area contributed by atoms with Gasteiger partial charge in [0.1, 0.15) is 5.75 Å². The maximum absolute atomic E-state index is 11.6. The number of halogens is 1. The van der Waals surface area contributed by atoms with E-state index in [1.807, 2.05) is 11.8 Å². The van der Waals surface area contributed by atoms with Crippen molar-refractivity contribution >= 4 is 17.5 Å². The summed E-state index contributed by atoms with van der Waals surface area (Å²) in [6, 6.07) is 4.93. The summed E-state index contributed by atoms with van der Waals surface area (Å²) in [4.78, 5) is 15.2. The van der Waals surface area contributed by atoms with Crippen molar-refractivity contribution in [2.45, 2.75) is 13.5 Å². The lowest BCUT2D eigenvalue weighted by atomic mass is 10.2. The molecular formula is C13H19ClN2O2. The Morgan fingerprint density at radius 2 is 2.06 bits per heavy atom. The van der Waals surface area contributed by atoms with Crippen LogP contribution >= 0.6 is 11.6 Å². The van der Waals surface area contributed by atoms with E-state index >= 15 is 0 Å². The van der Waals surface area contributed by atoms with Crippen LogP contribution in [0.3, 0.4) is 0 Å². The molecule has 0 unspecified atom stereocenters. The molecule has 0 aromatic heterocycles. The van der Waals surface area contributed by atoms with E-state index in [1.165, 1.54) is 0 Å². The first kappa shape index (κ1) is 14.8. The fourth-order valence-electron chi connectivity index (χ4n) is 1.53. The van der Waals surface area contributed by atoms with E-state index in [1.54, 1.807) is 37.2 Å². The van der Waals surface area contributed by atoms with Crippen LogP contribution in [-0.2, 0) is 11.3 Å². The smallest absolute Gasteiger partial charge is 0.236 e. The Balaban J connectivity index is 2.73. The summed E-state index contributed by atoms with van der Waals surface area (Å²) >= 11 is 5.89. The SMILES string of the molecule is CCN(CC(=O)N(C)C)Cc1cc(Cl)ccc1O. The second kappa shape index (κ2) is 6.61. The van der Waals surface area contributed by atoms with Crippen LogP contribution in [0, 0.1) is 0 Å². The molecule has 0 aliphatic heterocycles. The van der Waals surface area contributed by atoms with Crippen molar-refractivity contribution in [2.75, 3.05) is 27.2 Å². The van der Waals surface area contributed by atoms with Gasteiger partial charge in [0.25, 0.3) is 0 Å². The standard InChI is InChI=1S/C13H19ClN2O2/c1-4-16(9-13(18)15(2)3)8-10-7-11(14)5-6-12(10)17/h5-7,17H,4,8-9H2,1-3H3. The molecule has 0 aliphatic rings. The number of phenols is 1. The van der Waals surface area contributed by atoms with Crippen LogP contribution in [0.25, 0.3) is 0 Å². The number of hydrogen-bond donors (Lipinski definition) is 1. The third-order valence-electron chi connectivity index (χ3n) is 2.74. The van der Waals surface area contributed by atoms with Gasteiger partial charge in [-0.05, 0) is 24.7 Å². The predicted octanol–water partition coefficient (Wildman–Crippen LogP) is 1.96. The Hall–Kier alpha value is -1.26. The molecule has 1 N–H and O–H groups in total. The van der Waals surface area contributed by atoms with Gasteiger partial charge in [-0.25, -0.2) is 0 Å². The fraction of sp³-hybridized carbons (Fsp3) is 0.462. The molecule has 5 heteroatoms. The maximum Gasteiger partial charge on any atom is 0.236 e. The number of carbonyl (C=O) groups is 1. The predicted molar refractivity (Wildman–Crippen MR) is 72.8 cm³/mol. The molecule has 0 radical (unpaired) electrons. The molecule has 100 valence electrons. The Bertz CT molecular complexity index is 421. The van der Waals surface area contributed by atoms with Crippen LogP contribution in [-0.4, -0.2) is 48.0 Å². The summed E-state index contributed by atoms with van der Waals surface area (Å²) in [6.07, 6.45) is 0. The topological polar surface area (TPSA) is 43.8 Å². The first-order chi connectivity index (χ1) is 8.43. The number of amides is 1. The van der Waals surface area contributed by atoms with Crippen LogP contribution in [0.1, 0.15) is 12.5 Å². The highest BCUT2D eigenvalue weighted by atomic mass is 35.5. The van der Waals surface area contributed by atoms with Crippen LogP contribution < -0.4 is 0 Å². The third-order valence-corrected chi connectivity index (χ3v) is 2.98. The molecule has 0 saturated heterocycles. The van der Waals surface area contributed by atoms with Crippen molar-refractivity contribution in [2.24, 2.45) is 0 Å². The highest BCUT2D eigenvalue weighted by molar-refractivity contribution is 6.30. The molecule has 1 rings (SSSR count). The highest BCUT2D eigenvalue weighted by Crippen LogP contribution is 2.22. The number of likely N-dealkylation sites (N-methyl/N-ethyl adjacent to an activating group) is 2. The van der Waals surface area contributed by atoms with Gasteiger partial charge in [0.15, 0.2) is 0 Å². The molecule has 0 atom stereocenters. The average molecular weight is 271 g/mol. The van der Waals surface area contributed by atoms with Gasteiger partial charge in [-0.3, -0.25) is 9.69 Å². The molecule has 0 spiro atoms. The lowest BCUT2D eigenvalue weighted by Crippen LogP contribution is -2.36. The lowest BCUT2D eigenvalue weighted by molar-refractivity contribution is -0.130. The number of hydrogen-bond acceptors (Lipinski definition) is 3. The second-order valence-corrected chi connectivity index (χ2v) is 4.80. The fourth-order valence-corrected chi connectivity index (χ4v) is 1.73. The number of benzene rings is 1. The van der Waals surface area contributed by atoms with Gasteiger partial charge in [0.2, 0.25) is 5.91 Å². The number of nitrogens with zero attached hydrogens (tertiary/aromatic N) is 2. The Labute approximate surface area is 113 Å². The third kappa shape index (κ3) is 4.20. The van der Waals surface area contributed by atoms with Gasteiger partial charge in [-0.15, -0.1) is 0 Å². The molecule has 0 fully saturated rings. The Morgan fingerprint density at radius 1 is 1.39 bits per heavy atom.